The van der Waals surface area contributed by atoms with Crippen LogP contribution < -0.4 is 10.6 Å². The Bertz CT molecular complexity index is 340. The molecule has 88 valence electrons. The number of rotatable bonds is 6. The van der Waals surface area contributed by atoms with Crippen molar-refractivity contribution in [2.75, 3.05) is 25.0 Å². The number of amides is 1. The topological polar surface area (TPSA) is 61.4 Å². The molecule has 4 heteroatoms. The summed E-state index contributed by atoms with van der Waals surface area (Å²) in [4.78, 5) is 10.7. The lowest BCUT2D eigenvalue weighted by atomic mass is 10.1. The Hall–Kier alpha value is -1.55. The molecule has 1 amide bonds. The number of hydrogen-bond acceptors (Lipinski definition) is 3. The fourth-order valence-electron chi connectivity index (χ4n) is 1.42. The van der Waals surface area contributed by atoms with E-state index < -0.39 is 0 Å². The van der Waals surface area contributed by atoms with Crippen LogP contribution in [0.1, 0.15) is 12.5 Å². The smallest absolute Gasteiger partial charge is 0.216 e. The van der Waals surface area contributed by atoms with Crippen molar-refractivity contribution in [3.8, 4) is 0 Å². The average Bonchev–Trinajstić information content (AvgIpc) is 2.26. The van der Waals surface area contributed by atoms with E-state index in [0.717, 1.165) is 17.7 Å². The van der Waals surface area contributed by atoms with Gasteiger partial charge in [0.05, 0.1) is 6.61 Å². The molecule has 0 aliphatic carbocycles. The second-order valence-corrected chi connectivity index (χ2v) is 3.58. The van der Waals surface area contributed by atoms with E-state index in [1.54, 1.807) is 0 Å². The summed E-state index contributed by atoms with van der Waals surface area (Å²) in [5.41, 5.74) is 2.16. The molecule has 0 aliphatic heterocycles. The molecule has 0 fully saturated rings. The van der Waals surface area contributed by atoms with Gasteiger partial charge >= 0.3 is 0 Å². The van der Waals surface area contributed by atoms with Crippen LogP contribution in [0.3, 0.4) is 0 Å². The molecule has 1 aromatic carbocycles. The predicted octanol–water partition coefficient (Wildman–Crippen LogP) is 0.769. The Kier molecular flexibility index (Phi) is 5.36. The highest BCUT2D eigenvalue weighted by atomic mass is 16.3. The molecule has 3 N–H and O–H groups in total. The van der Waals surface area contributed by atoms with Crippen molar-refractivity contribution in [3.63, 3.8) is 0 Å². The summed E-state index contributed by atoms with van der Waals surface area (Å²) in [5, 5.41) is 14.5. The van der Waals surface area contributed by atoms with E-state index in [1.807, 2.05) is 24.3 Å². The maximum Gasteiger partial charge on any atom is 0.216 e. The SMILES string of the molecule is CC(=O)NCCc1cccc(NCCO)c1. The van der Waals surface area contributed by atoms with Gasteiger partial charge in [0.1, 0.15) is 0 Å². The minimum absolute atomic E-state index is 0.00504. The first-order chi connectivity index (χ1) is 7.72. The van der Waals surface area contributed by atoms with Crippen LogP contribution in [0.4, 0.5) is 5.69 Å². The van der Waals surface area contributed by atoms with Gasteiger partial charge in [-0.3, -0.25) is 4.79 Å². The van der Waals surface area contributed by atoms with Gasteiger partial charge in [-0.05, 0) is 24.1 Å². The zero-order valence-electron chi connectivity index (χ0n) is 9.49. The van der Waals surface area contributed by atoms with E-state index in [1.165, 1.54) is 6.92 Å². The third-order valence-electron chi connectivity index (χ3n) is 2.16. The van der Waals surface area contributed by atoms with Crippen LogP contribution >= 0.6 is 0 Å². The van der Waals surface area contributed by atoms with E-state index in [4.69, 9.17) is 5.11 Å². The highest BCUT2D eigenvalue weighted by Crippen LogP contribution is 2.10. The molecule has 0 unspecified atom stereocenters. The Balaban J connectivity index is 2.43. The Morgan fingerprint density at radius 1 is 1.38 bits per heavy atom. The van der Waals surface area contributed by atoms with Crippen LogP contribution in [0.5, 0.6) is 0 Å². The molecule has 0 aliphatic rings. The highest BCUT2D eigenvalue weighted by molar-refractivity contribution is 5.72. The van der Waals surface area contributed by atoms with Gasteiger partial charge in [0, 0.05) is 25.7 Å². The molecular weight excluding hydrogens is 204 g/mol. The van der Waals surface area contributed by atoms with Gasteiger partial charge in [-0.2, -0.15) is 0 Å². The third-order valence-corrected chi connectivity index (χ3v) is 2.16. The number of anilines is 1. The number of aliphatic hydroxyl groups is 1. The highest BCUT2D eigenvalue weighted by Gasteiger charge is 1.96. The largest absolute Gasteiger partial charge is 0.395 e. The molecule has 0 atom stereocenters. The van der Waals surface area contributed by atoms with Crippen molar-refractivity contribution in [1.82, 2.24) is 5.32 Å². The predicted molar refractivity (Wildman–Crippen MR) is 64.4 cm³/mol. The van der Waals surface area contributed by atoms with Crippen LogP contribution in [-0.4, -0.2) is 30.7 Å². The number of carbonyl (C=O) groups excluding carboxylic acids is 1. The van der Waals surface area contributed by atoms with Gasteiger partial charge in [-0.15, -0.1) is 0 Å². The second kappa shape index (κ2) is 6.85. The van der Waals surface area contributed by atoms with Crippen LogP contribution in [0.2, 0.25) is 0 Å². The maximum atomic E-state index is 10.7. The molecule has 0 heterocycles. The molecule has 1 aromatic rings. The first-order valence-corrected chi connectivity index (χ1v) is 5.40. The molecule has 1 rings (SSSR count). The summed E-state index contributed by atoms with van der Waals surface area (Å²) in [7, 11) is 0. The number of nitrogens with one attached hydrogen (secondary N) is 2. The summed E-state index contributed by atoms with van der Waals surface area (Å²) < 4.78 is 0. The zero-order valence-corrected chi connectivity index (χ0v) is 9.49. The molecular formula is C12H18N2O2. The van der Waals surface area contributed by atoms with E-state index >= 15 is 0 Å². The lowest BCUT2D eigenvalue weighted by Crippen LogP contribution is -2.22. The second-order valence-electron chi connectivity index (χ2n) is 3.58. The fourth-order valence-corrected chi connectivity index (χ4v) is 1.42. The van der Waals surface area contributed by atoms with Gasteiger partial charge in [0.25, 0.3) is 0 Å². The Morgan fingerprint density at radius 2 is 2.19 bits per heavy atom. The number of benzene rings is 1. The summed E-state index contributed by atoms with van der Waals surface area (Å²) in [5.74, 6) is -0.00504. The van der Waals surface area contributed by atoms with Crippen LogP contribution in [-0.2, 0) is 11.2 Å². The normalized spacial score (nSPS) is 9.88. The van der Waals surface area contributed by atoms with Crippen molar-refractivity contribution < 1.29 is 9.90 Å². The Morgan fingerprint density at radius 3 is 2.88 bits per heavy atom. The van der Waals surface area contributed by atoms with Gasteiger partial charge in [-0.25, -0.2) is 0 Å². The minimum Gasteiger partial charge on any atom is -0.395 e. The van der Waals surface area contributed by atoms with Crippen LogP contribution in [0, 0.1) is 0 Å². The monoisotopic (exact) mass is 222 g/mol. The number of carbonyl (C=O) groups is 1. The van der Waals surface area contributed by atoms with Gasteiger partial charge in [0.2, 0.25) is 5.91 Å². The number of hydrogen-bond donors (Lipinski definition) is 3. The first kappa shape index (κ1) is 12.5. The van der Waals surface area contributed by atoms with Crippen molar-refractivity contribution in [1.29, 1.82) is 0 Å². The molecule has 0 saturated carbocycles. The summed E-state index contributed by atoms with van der Waals surface area (Å²) in [6.45, 7) is 2.84. The van der Waals surface area contributed by atoms with Crippen LogP contribution in [0.25, 0.3) is 0 Å². The summed E-state index contributed by atoms with van der Waals surface area (Å²) >= 11 is 0. The van der Waals surface area contributed by atoms with Gasteiger partial charge in [-0.1, -0.05) is 12.1 Å². The summed E-state index contributed by atoms with van der Waals surface area (Å²) in [6.07, 6.45) is 0.814. The quantitative estimate of drug-likeness (QED) is 0.666. The molecule has 0 bridgehead atoms. The average molecular weight is 222 g/mol. The maximum absolute atomic E-state index is 10.7. The lowest BCUT2D eigenvalue weighted by Gasteiger charge is -2.07. The molecule has 16 heavy (non-hydrogen) atoms. The van der Waals surface area contributed by atoms with E-state index in [-0.39, 0.29) is 12.5 Å². The van der Waals surface area contributed by atoms with Gasteiger partial charge < -0.3 is 15.7 Å². The van der Waals surface area contributed by atoms with Gasteiger partial charge in [0.15, 0.2) is 0 Å². The fraction of sp³-hybridized carbons (Fsp3) is 0.417. The van der Waals surface area contributed by atoms with Crippen LogP contribution in [0.15, 0.2) is 24.3 Å². The lowest BCUT2D eigenvalue weighted by molar-refractivity contribution is -0.118. The minimum atomic E-state index is -0.00504. The standard InChI is InChI=1S/C12H18N2O2/c1-10(16)13-6-5-11-3-2-4-12(9-11)14-7-8-15/h2-4,9,14-15H,5-8H2,1H3,(H,13,16). The summed E-state index contributed by atoms with van der Waals surface area (Å²) in [6, 6.07) is 7.96. The van der Waals surface area contributed by atoms with E-state index in [9.17, 15) is 4.79 Å². The Labute approximate surface area is 95.7 Å². The number of aliphatic hydroxyl groups excluding tert-OH is 1. The zero-order chi connectivity index (χ0) is 11.8. The third kappa shape index (κ3) is 4.79. The molecule has 4 nitrogen and oxygen atoms in total. The van der Waals surface area contributed by atoms with Crippen molar-refractivity contribution in [2.24, 2.45) is 0 Å². The molecule has 0 aromatic heterocycles. The molecule has 0 radical (unpaired) electrons. The van der Waals surface area contributed by atoms with Crippen molar-refractivity contribution in [3.05, 3.63) is 29.8 Å². The van der Waals surface area contributed by atoms with Crippen molar-refractivity contribution in [2.45, 2.75) is 13.3 Å². The van der Waals surface area contributed by atoms with Crippen molar-refractivity contribution >= 4 is 11.6 Å². The molecule has 0 saturated heterocycles. The molecule has 0 spiro atoms. The van der Waals surface area contributed by atoms with E-state index in [0.29, 0.717) is 13.1 Å². The van der Waals surface area contributed by atoms with E-state index in [2.05, 4.69) is 10.6 Å². The first-order valence-electron chi connectivity index (χ1n) is 5.40.